The molecule has 0 heterocycles. The van der Waals surface area contributed by atoms with Crippen molar-refractivity contribution in [3.63, 3.8) is 0 Å². The summed E-state index contributed by atoms with van der Waals surface area (Å²) in [6.45, 7) is 1.74. The molecular weight excluding hydrogens is 408 g/mol. The monoisotopic (exact) mass is 428 g/mol. The maximum absolute atomic E-state index is 13.4. The third-order valence-corrected chi connectivity index (χ3v) is 6.34. The van der Waals surface area contributed by atoms with Crippen molar-refractivity contribution in [3.05, 3.63) is 80.9 Å². The average Bonchev–Trinajstić information content (AvgIpc) is 2.80. The third-order valence-electron chi connectivity index (χ3n) is 6.34. The van der Waals surface area contributed by atoms with Crippen LogP contribution in [-0.4, -0.2) is 36.9 Å². The molecule has 6 heteroatoms. The summed E-state index contributed by atoms with van der Waals surface area (Å²) in [4.78, 5) is 39.0. The number of carbonyl (C=O) groups is 3. The van der Waals surface area contributed by atoms with Gasteiger partial charge in [0.2, 0.25) is 0 Å². The van der Waals surface area contributed by atoms with E-state index in [0.717, 1.165) is 11.1 Å². The van der Waals surface area contributed by atoms with Gasteiger partial charge >= 0.3 is 5.97 Å². The minimum absolute atomic E-state index is 0.0756. The largest absolute Gasteiger partial charge is 0.506 e. The predicted molar refractivity (Wildman–Crippen MR) is 117 cm³/mol. The molecule has 32 heavy (non-hydrogen) atoms. The van der Waals surface area contributed by atoms with Crippen molar-refractivity contribution in [1.29, 1.82) is 0 Å². The Bertz CT molecular complexity index is 1370. The molecule has 3 aromatic rings. The van der Waals surface area contributed by atoms with Crippen molar-refractivity contribution in [3.8, 4) is 22.6 Å². The molecule has 0 fully saturated rings. The highest BCUT2D eigenvalue weighted by Crippen LogP contribution is 2.50. The number of ketones is 2. The van der Waals surface area contributed by atoms with Gasteiger partial charge in [0.25, 0.3) is 0 Å². The number of phenols is 1. The fourth-order valence-electron chi connectivity index (χ4n) is 4.93. The number of phenolic OH excluding ortho intramolecular Hbond substituents is 1. The molecule has 0 bridgehead atoms. The average molecular weight is 428 g/mol. The fourth-order valence-corrected chi connectivity index (χ4v) is 4.93. The number of aryl methyl sites for hydroxylation is 3. The Kier molecular flexibility index (Phi) is 4.41. The Hall–Kier alpha value is -3.93. The van der Waals surface area contributed by atoms with Crippen LogP contribution < -0.4 is 4.74 Å². The molecule has 0 aliphatic heterocycles. The summed E-state index contributed by atoms with van der Waals surface area (Å²) in [6, 6.07) is 10.3. The Labute approximate surface area is 184 Å². The second-order valence-corrected chi connectivity index (χ2v) is 8.01. The van der Waals surface area contributed by atoms with Gasteiger partial charge in [-0.05, 0) is 42.5 Å². The summed E-state index contributed by atoms with van der Waals surface area (Å²) in [6.07, 6.45) is 1.21. The second kappa shape index (κ2) is 7.05. The van der Waals surface area contributed by atoms with Crippen molar-refractivity contribution < 1.29 is 29.0 Å². The van der Waals surface area contributed by atoms with E-state index < -0.39 is 5.97 Å². The van der Waals surface area contributed by atoms with Gasteiger partial charge in [-0.1, -0.05) is 30.3 Å². The molecule has 0 amide bonds. The molecule has 0 spiro atoms. The summed E-state index contributed by atoms with van der Waals surface area (Å²) in [5, 5.41) is 11.2. The Morgan fingerprint density at radius 3 is 2.12 bits per heavy atom. The molecule has 160 valence electrons. The van der Waals surface area contributed by atoms with Gasteiger partial charge in [0.05, 0.1) is 19.8 Å². The molecule has 0 saturated heterocycles. The summed E-state index contributed by atoms with van der Waals surface area (Å²) in [7, 11) is 2.70. The lowest BCUT2D eigenvalue weighted by molar-refractivity contribution is 0.0596. The van der Waals surface area contributed by atoms with Crippen molar-refractivity contribution in [2.75, 3.05) is 14.2 Å². The second-order valence-electron chi connectivity index (χ2n) is 8.01. The highest BCUT2D eigenvalue weighted by molar-refractivity contribution is 6.30. The van der Waals surface area contributed by atoms with Crippen molar-refractivity contribution in [2.24, 2.45) is 0 Å². The minimum atomic E-state index is -0.646. The summed E-state index contributed by atoms with van der Waals surface area (Å²) in [5.41, 5.74) is 4.45. The first-order chi connectivity index (χ1) is 15.4. The molecule has 1 N–H and O–H groups in total. The number of esters is 1. The number of hydrogen-bond acceptors (Lipinski definition) is 6. The lowest BCUT2D eigenvalue weighted by atomic mass is 9.76. The van der Waals surface area contributed by atoms with E-state index in [1.54, 1.807) is 37.3 Å². The van der Waals surface area contributed by atoms with Crippen LogP contribution in [0.4, 0.5) is 0 Å². The lowest BCUT2D eigenvalue weighted by Gasteiger charge is -2.28. The summed E-state index contributed by atoms with van der Waals surface area (Å²) < 4.78 is 10.6. The summed E-state index contributed by atoms with van der Waals surface area (Å²) >= 11 is 0. The van der Waals surface area contributed by atoms with Gasteiger partial charge in [0.15, 0.2) is 11.6 Å². The molecular formula is C26H20O6. The van der Waals surface area contributed by atoms with Crippen LogP contribution in [0.15, 0.2) is 36.4 Å². The molecule has 0 unspecified atom stereocenters. The topological polar surface area (TPSA) is 89.9 Å². The zero-order valence-electron chi connectivity index (χ0n) is 17.9. The van der Waals surface area contributed by atoms with Gasteiger partial charge in [-0.2, -0.15) is 0 Å². The predicted octanol–water partition coefficient (Wildman–Crippen LogP) is 4.04. The van der Waals surface area contributed by atoms with Gasteiger partial charge < -0.3 is 14.6 Å². The standard InChI is InChI=1S/C26H20O6/c1-12-10-13-8-9-14-11-17-21(23(28)16-7-5-4-6-15(16)22(17)27)25(31-2)20(14)19(13)24(29)18(12)26(30)32-3/h4-7,10-11,29H,8-9H2,1-3H3. The number of ether oxygens (including phenoxy) is 2. The molecule has 2 aliphatic carbocycles. The number of rotatable bonds is 2. The van der Waals surface area contributed by atoms with Crippen LogP contribution in [0.2, 0.25) is 0 Å². The third kappa shape index (κ3) is 2.56. The Balaban J connectivity index is 1.86. The van der Waals surface area contributed by atoms with E-state index >= 15 is 0 Å². The van der Waals surface area contributed by atoms with Crippen molar-refractivity contribution in [1.82, 2.24) is 0 Å². The zero-order chi connectivity index (χ0) is 22.7. The minimum Gasteiger partial charge on any atom is -0.506 e. The van der Waals surface area contributed by atoms with Crippen LogP contribution in [0, 0.1) is 6.92 Å². The van der Waals surface area contributed by atoms with Crippen LogP contribution in [0.3, 0.4) is 0 Å². The van der Waals surface area contributed by atoms with Crippen LogP contribution >= 0.6 is 0 Å². The zero-order valence-corrected chi connectivity index (χ0v) is 17.9. The van der Waals surface area contributed by atoms with E-state index in [2.05, 4.69) is 0 Å². The van der Waals surface area contributed by atoms with E-state index in [4.69, 9.17) is 9.47 Å². The molecule has 0 saturated carbocycles. The number of aromatic hydroxyl groups is 1. The van der Waals surface area contributed by atoms with Gasteiger partial charge in [-0.15, -0.1) is 0 Å². The number of benzene rings is 3. The summed E-state index contributed by atoms with van der Waals surface area (Å²) in [5.74, 6) is -1.15. The molecule has 3 aromatic carbocycles. The molecule has 0 aromatic heterocycles. The normalized spacial score (nSPS) is 13.6. The van der Waals surface area contributed by atoms with Crippen LogP contribution in [0.25, 0.3) is 11.1 Å². The van der Waals surface area contributed by atoms with E-state index in [0.29, 0.717) is 46.2 Å². The maximum Gasteiger partial charge on any atom is 0.341 e. The van der Waals surface area contributed by atoms with E-state index in [1.165, 1.54) is 14.2 Å². The SMILES string of the molecule is COC(=O)c1c(C)cc2c(c1O)-c1c(cc3c(c1OC)C(=O)c1ccccc1C3=O)CC2. The quantitative estimate of drug-likeness (QED) is 0.485. The molecule has 6 nitrogen and oxygen atoms in total. The smallest absolute Gasteiger partial charge is 0.341 e. The Morgan fingerprint density at radius 1 is 0.875 bits per heavy atom. The maximum atomic E-state index is 13.4. The molecule has 0 atom stereocenters. The number of fused-ring (bicyclic) bond motifs is 5. The van der Waals surface area contributed by atoms with Crippen LogP contribution in [0.1, 0.15) is 58.9 Å². The number of hydrogen-bond donors (Lipinski definition) is 1. The number of methoxy groups -OCH3 is 2. The van der Waals surface area contributed by atoms with Crippen LogP contribution in [0.5, 0.6) is 11.5 Å². The van der Waals surface area contributed by atoms with Gasteiger partial charge in [0, 0.05) is 27.8 Å². The molecule has 2 aliphatic rings. The van der Waals surface area contributed by atoms with Gasteiger partial charge in [-0.25, -0.2) is 4.79 Å². The first kappa shape index (κ1) is 20.0. The highest BCUT2D eigenvalue weighted by Gasteiger charge is 2.37. The van der Waals surface area contributed by atoms with Gasteiger partial charge in [-0.3, -0.25) is 9.59 Å². The van der Waals surface area contributed by atoms with Gasteiger partial charge in [0.1, 0.15) is 17.1 Å². The Morgan fingerprint density at radius 2 is 1.50 bits per heavy atom. The number of carbonyl (C=O) groups excluding carboxylic acids is 3. The first-order valence-electron chi connectivity index (χ1n) is 10.2. The van der Waals surface area contributed by atoms with Crippen molar-refractivity contribution in [2.45, 2.75) is 19.8 Å². The first-order valence-corrected chi connectivity index (χ1v) is 10.2. The van der Waals surface area contributed by atoms with Crippen LogP contribution in [-0.2, 0) is 17.6 Å². The molecule has 0 radical (unpaired) electrons. The fraction of sp³-hybridized carbons (Fsp3) is 0.192. The van der Waals surface area contributed by atoms with E-state index in [9.17, 15) is 19.5 Å². The highest BCUT2D eigenvalue weighted by atomic mass is 16.5. The molecule has 5 rings (SSSR count). The van der Waals surface area contributed by atoms with E-state index in [-0.39, 0.29) is 34.2 Å². The lowest BCUT2D eigenvalue weighted by Crippen LogP contribution is -2.23. The van der Waals surface area contributed by atoms with Crippen molar-refractivity contribution >= 4 is 17.5 Å². The van der Waals surface area contributed by atoms with E-state index in [1.807, 2.05) is 6.07 Å².